The number of methoxy groups -OCH3 is 2. The zero-order valence-electron chi connectivity index (χ0n) is 19.2. The largest absolute Gasteiger partial charge is 0.495 e. The van der Waals surface area contributed by atoms with E-state index in [0.29, 0.717) is 16.6 Å². The van der Waals surface area contributed by atoms with Crippen molar-refractivity contribution in [3.05, 3.63) is 48.0 Å². The van der Waals surface area contributed by atoms with E-state index in [1.165, 1.54) is 18.2 Å². The highest BCUT2D eigenvalue weighted by Crippen LogP contribution is 2.33. The lowest BCUT2D eigenvalue weighted by molar-refractivity contribution is -0.113. The summed E-state index contributed by atoms with van der Waals surface area (Å²) in [5.74, 6) is 2.18. The molecule has 0 unspecified atom stereocenters. The van der Waals surface area contributed by atoms with Crippen molar-refractivity contribution >= 4 is 29.3 Å². The molecule has 1 N–H and O–H groups in total. The molecule has 2 heterocycles. The van der Waals surface area contributed by atoms with Gasteiger partial charge in [0.15, 0.2) is 5.16 Å². The summed E-state index contributed by atoms with van der Waals surface area (Å²) in [5, 5.41) is 12.5. The Morgan fingerprint density at radius 2 is 1.79 bits per heavy atom. The quantitative estimate of drug-likeness (QED) is 0.494. The van der Waals surface area contributed by atoms with Crippen molar-refractivity contribution in [3.8, 4) is 17.2 Å². The molecule has 2 aromatic carbocycles. The molecule has 0 atom stereocenters. The third kappa shape index (κ3) is 5.24. The van der Waals surface area contributed by atoms with Gasteiger partial charge in [0.2, 0.25) is 11.9 Å². The fraction of sp³-hybridized carbons (Fsp3) is 0.375. The highest BCUT2D eigenvalue weighted by molar-refractivity contribution is 7.99. The van der Waals surface area contributed by atoms with Crippen LogP contribution in [0, 0.1) is 6.92 Å². The van der Waals surface area contributed by atoms with E-state index in [2.05, 4.69) is 20.4 Å². The molecule has 0 aliphatic carbocycles. The van der Waals surface area contributed by atoms with Crippen molar-refractivity contribution in [1.82, 2.24) is 14.8 Å². The van der Waals surface area contributed by atoms with Crippen LogP contribution in [0.15, 0.2) is 47.6 Å². The lowest BCUT2D eigenvalue weighted by Crippen LogP contribution is -2.31. The minimum Gasteiger partial charge on any atom is -0.495 e. The molecule has 1 aliphatic heterocycles. The molecule has 1 amide bonds. The van der Waals surface area contributed by atoms with Crippen LogP contribution in [0.1, 0.15) is 24.8 Å². The first-order valence-electron chi connectivity index (χ1n) is 11.0. The lowest BCUT2D eigenvalue weighted by atomic mass is 10.1. The number of carbonyl (C=O) groups is 1. The normalized spacial score (nSPS) is 13.6. The van der Waals surface area contributed by atoms with E-state index in [1.807, 2.05) is 54.0 Å². The van der Waals surface area contributed by atoms with Gasteiger partial charge in [0.05, 0.1) is 31.3 Å². The van der Waals surface area contributed by atoms with Gasteiger partial charge in [-0.2, -0.15) is 0 Å². The zero-order chi connectivity index (χ0) is 23.2. The molecule has 0 radical (unpaired) electrons. The van der Waals surface area contributed by atoms with Crippen molar-refractivity contribution in [2.24, 2.45) is 0 Å². The summed E-state index contributed by atoms with van der Waals surface area (Å²) in [6.07, 6.45) is 3.48. The van der Waals surface area contributed by atoms with E-state index in [-0.39, 0.29) is 11.7 Å². The van der Waals surface area contributed by atoms with Gasteiger partial charge >= 0.3 is 0 Å². The van der Waals surface area contributed by atoms with Crippen molar-refractivity contribution in [2.75, 3.05) is 43.3 Å². The fourth-order valence-corrected chi connectivity index (χ4v) is 4.66. The third-order valence-corrected chi connectivity index (χ3v) is 6.47. The van der Waals surface area contributed by atoms with Gasteiger partial charge in [-0.15, -0.1) is 10.2 Å². The molecule has 1 saturated heterocycles. The third-order valence-electron chi connectivity index (χ3n) is 5.54. The van der Waals surface area contributed by atoms with Crippen LogP contribution in [0.25, 0.3) is 5.69 Å². The number of carbonyl (C=O) groups excluding carboxylic acids is 1. The number of nitrogens with one attached hydrogen (secondary N) is 1. The molecular weight excluding hydrogens is 438 g/mol. The molecule has 0 bridgehead atoms. The maximum atomic E-state index is 12.8. The molecular formula is C24H29N5O3S. The predicted molar refractivity (Wildman–Crippen MR) is 131 cm³/mol. The Morgan fingerprint density at radius 3 is 2.55 bits per heavy atom. The lowest BCUT2D eigenvalue weighted by Gasteiger charge is -2.28. The Balaban J connectivity index is 1.58. The van der Waals surface area contributed by atoms with Crippen molar-refractivity contribution in [3.63, 3.8) is 0 Å². The van der Waals surface area contributed by atoms with Gasteiger partial charge < -0.3 is 19.7 Å². The summed E-state index contributed by atoms with van der Waals surface area (Å²) in [6.45, 7) is 3.85. The monoisotopic (exact) mass is 467 g/mol. The van der Waals surface area contributed by atoms with Crippen LogP contribution in [0.4, 0.5) is 11.6 Å². The number of piperidine rings is 1. The average molecular weight is 468 g/mol. The summed E-state index contributed by atoms with van der Waals surface area (Å²) >= 11 is 1.35. The molecule has 9 heteroatoms. The molecule has 1 aromatic heterocycles. The molecule has 33 heavy (non-hydrogen) atoms. The minimum atomic E-state index is -0.141. The second-order valence-electron chi connectivity index (χ2n) is 7.88. The van der Waals surface area contributed by atoms with Crippen LogP contribution < -0.4 is 19.7 Å². The Morgan fingerprint density at radius 1 is 1.03 bits per heavy atom. The number of hydrogen-bond acceptors (Lipinski definition) is 7. The second kappa shape index (κ2) is 10.6. The van der Waals surface area contributed by atoms with Crippen molar-refractivity contribution in [1.29, 1.82) is 0 Å². The van der Waals surface area contributed by atoms with E-state index in [9.17, 15) is 4.79 Å². The van der Waals surface area contributed by atoms with Crippen LogP contribution in [0.2, 0.25) is 0 Å². The number of benzene rings is 2. The maximum Gasteiger partial charge on any atom is 0.234 e. The van der Waals surface area contributed by atoms with Crippen LogP contribution in [0.3, 0.4) is 0 Å². The van der Waals surface area contributed by atoms with Crippen LogP contribution >= 0.6 is 11.8 Å². The Hall–Kier alpha value is -3.20. The van der Waals surface area contributed by atoms with Gasteiger partial charge in [0.25, 0.3) is 0 Å². The Labute approximate surface area is 198 Å². The van der Waals surface area contributed by atoms with Crippen LogP contribution in [0.5, 0.6) is 11.5 Å². The van der Waals surface area contributed by atoms with Gasteiger partial charge in [-0.05, 0) is 56.0 Å². The molecule has 4 rings (SSSR count). The number of hydrogen-bond donors (Lipinski definition) is 1. The number of aromatic nitrogens is 3. The van der Waals surface area contributed by atoms with E-state index in [1.54, 1.807) is 14.2 Å². The standard InChI is InChI=1S/C24H29N5O3S/c1-17-11-12-20(31-2)18(15-17)25-22(30)16-33-24-27-26-23(28-13-7-4-8-14-28)29(24)19-9-5-6-10-21(19)32-3/h5-6,9-12,15H,4,7-8,13-14,16H2,1-3H3,(H,25,30). The van der Waals surface area contributed by atoms with Gasteiger partial charge in [0.1, 0.15) is 11.5 Å². The molecule has 1 aliphatic rings. The van der Waals surface area contributed by atoms with Gasteiger partial charge in [0, 0.05) is 13.1 Å². The smallest absolute Gasteiger partial charge is 0.234 e. The number of anilines is 2. The fourth-order valence-electron chi connectivity index (χ4n) is 3.92. The highest BCUT2D eigenvalue weighted by atomic mass is 32.2. The summed E-state index contributed by atoms with van der Waals surface area (Å²) in [6, 6.07) is 13.5. The van der Waals surface area contributed by atoms with Gasteiger partial charge in [-0.1, -0.05) is 30.0 Å². The van der Waals surface area contributed by atoms with E-state index in [4.69, 9.17) is 9.47 Å². The van der Waals surface area contributed by atoms with E-state index < -0.39 is 0 Å². The van der Waals surface area contributed by atoms with Crippen LogP contribution in [-0.2, 0) is 4.79 Å². The first-order chi connectivity index (χ1) is 16.1. The number of ether oxygens (including phenoxy) is 2. The first-order valence-corrected chi connectivity index (χ1v) is 12.0. The SMILES string of the molecule is COc1ccc(C)cc1NC(=O)CSc1nnc(N2CCCCC2)n1-c1ccccc1OC. The van der Waals surface area contributed by atoms with E-state index >= 15 is 0 Å². The highest BCUT2D eigenvalue weighted by Gasteiger charge is 2.24. The molecule has 0 saturated carbocycles. The number of aryl methyl sites for hydroxylation is 1. The second-order valence-corrected chi connectivity index (χ2v) is 8.82. The number of nitrogens with zero attached hydrogens (tertiary/aromatic N) is 4. The summed E-state index contributed by atoms with van der Waals surface area (Å²) in [5.41, 5.74) is 2.55. The van der Waals surface area contributed by atoms with Crippen molar-refractivity contribution < 1.29 is 14.3 Å². The molecule has 174 valence electrons. The number of thioether (sulfide) groups is 1. The Bertz CT molecular complexity index is 1110. The molecule has 0 spiro atoms. The van der Waals surface area contributed by atoms with E-state index in [0.717, 1.165) is 48.9 Å². The summed E-state index contributed by atoms with van der Waals surface area (Å²) in [7, 11) is 3.24. The molecule has 8 nitrogen and oxygen atoms in total. The van der Waals surface area contributed by atoms with Crippen LogP contribution in [-0.4, -0.2) is 53.7 Å². The van der Waals surface area contributed by atoms with Gasteiger partial charge in [-0.3, -0.25) is 9.36 Å². The first kappa shape index (κ1) is 23.0. The summed E-state index contributed by atoms with van der Waals surface area (Å²) in [4.78, 5) is 15.0. The maximum absolute atomic E-state index is 12.8. The van der Waals surface area contributed by atoms with Gasteiger partial charge in [-0.25, -0.2) is 0 Å². The average Bonchev–Trinajstić information content (AvgIpc) is 3.27. The van der Waals surface area contributed by atoms with Crippen molar-refractivity contribution in [2.45, 2.75) is 31.3 Å². The number of amides is 1. The predicted octanol–water partition coefficient (Wildman–Crippen LogP) is 4.31. The minimum absolute atomic E-state index is 0.141. The number of para-hydroxylation sites is 2. The number of rotatable bonds is 8. The topological polar surface area (TPSA) is 81.5 Å². The zero-order valence-corrected chi connectivity index (χ0v) is 20.0. The molecule has 1 fully saturated rings. The summed E-state index contributed by atoms with van der Waals surface area (Å²) < 4.78 is 13.0. The molecule has 3 aromatic rings. The Kier molecular flexibility index (Phi) is 7.39.